The number of carbonyl (C=O) groups excluding carboxylic acids is 1. The molecule has 1 N–H and O–H groups in total. The lowest BCUT2D eigenvalue weighted by molar-refractivity contribution is 0.0172. The Morgan fingerprint density at radius 2 is 1.85 bits per heavy atom. The second-order valence-corrected chi connectivity index (χ2v) is 16.0. The Balaban J connectivity index is 1.30. The minimum atomic E-state index is -4.23. The molecule has 1 amide bonds. The molecule has 2 aliphatic rings. The summed E-state index contributed by atoms with van der Waals surface area (Å²) in [4.78, 5) is 15.9. The summed E-state index contributed by atoms with van der Waals surface area (Å²) < 4.78 is 62.2. The normalized spacial score (nSPS) is 15.9. The first-order chi connectivity index (χ1) is 22.7. The summed E-state index contributed by atoms with van der Waals surface area (Å²) in [5.41, 5.74) is 1.94. The van der Waals surface area contributed by atoms with E-state index in [-0.39, 0.29) is 24.3 Å². The van der Waals surface area contributed by atoms with Gasteiger partial charge in [-0.3, -0.25) is 4.98 Å². The maximum atomic E-state index is 15.3. The molecule has 0 unspecified atom stereocenters. The van der Waals surface area contributed by atoms with Gasteiger partial charge in [-0.15, -0.1) is 0 Å². The van der Waals surface area contributed by atoms with Crippen LogP contribution in [0.1, 0.15) is 84.3 Å². The number of aromatic nitrogens is 1. The number of hydrogen-bond donors (Lipinski definition) is 1. The number of sulfonamides is 1. The van der Waals surface area contributed by atoms with Gasteiger partial charge in [0.1, 0.15) is 22.1 Å². The van der Waals surface area contributed by atoms with Crippen molar-refractivity contribution < 1.29 is 31.8 Å². The molecule has 12 heteroatoms. The van der Waals surface area contributed by atoms with Crippen LogP contribution < -0.4 is 10.1 Å². The molecule has 260 valence electrons. The molecule has 0 atom stereocenters. The van der Waals surface area contributed by atoms with Crippen LogP contribution in [0.5, 0.6) is 5.75 Å². The number of nitrogens with one attached hydrogen (secondary N) is 1. The molecule has 2 aliphatic carbocycles. The zero-order valence-electron chi connectivity index (χ0n) is 28.2. The number of rotatable bonds is 15. The maximum Gasteiger partial charge on any atom is 0.407 e. The molecule has 2 saturated carbocycles. The molecule has 9 nitrogen and oxygen atoms in total. The first kappa shape index (κ1) is 36.0. The van der Waals surface area contributed by atoms with Gasteiger partial charge in [0.2, 0.25) is 10.0 Å². The lowest BCUT2D eigenvalue weighted by atomic mass is 9.96. The third kappa shape index (κ3) is 8.85. The summed E-state index contributed by atoms with van der Waals surface area (Å²) in [5.74, 6) is -0.113. The molecular formula is C36H45ClFN3O6S. The Labute approximate surface area is 288 Å². The van der Waals surface area contributed by atoms with Crippen molar-refractivity contribution in [2.45, 2.75) is 108 Å². The van der Waals surface area contributed by atoms with Crippen molar-refractivity contribution in [2.24, 2.45) is 0 Å². The Morgan fingerprint density at radius 1 is 1.12 bits per heavy atom. The van der Waals surface area contributed by atoms with E-state index in [4.69, 9.17) is 25.8 Å². The number of para-hydroxylation sites is 1. The number of hydrogen-bond acceptors (Lipinski definition) is 7. The molecule has 1 aromatic heterocycles. The fourth-order valence-electron chi connectivity index (χ4n) is 5.53. The van der Waals surface area contributed by atoms with Crippen LogP contribution >= 0.6 is 11.6 Å². The first-order valence-electron chi connectivity index (χ1n) is 16.5. The van der Waals surface area contributed by atoms with Gasteiger partial charge in [0, 0.05) is 47.7 Å². The average molecular weight is 702 g/mol. The Kier molecular flexibility index (Phi) is 11.0. The van der Waals surface area contributed by atoms with Crippen molar-refractivity contribution in [1.82, 2.24) is 14.6 Å². The zero-order valence-corrected chi connectivity index (χ0v) is 29.8. The van der Waals surface area contributed by atoms with E-state index in [9.17, 15) is 13.2 Å². The number of amides is 1. The number of carbonyl (C=O) groups is 1. The smallest absolute Gasteiger partial charge is 0.407 e. The van der Waals surface area contributed by atoms with Crippen LogP contribution in [-0.2, 0) is 31.7 Å². The summed E-state index contributed by atoms with van der Waals surface area (Å²) in [5, 5.41) is 2.76. The summed E-state index contributed by atoms with van der Waals surface area (Å²) in [7, 11) is -4.23. The predicted molar refractivity (Wildman–Crippen MR) is 183 cm³/mol. The Hall–Kier alpha value is -3.25. The van der Waals surface area contributed by atoms with Crippen LogP contribution in [0.15, 0.2) is 59.8 Å². The molecule has 0 spiro atoms. The number of benzene rings is 2. The van der Waals surface area contributed by atoms with Crippen LogP contribution in [0.4, 0.5) is 9.18 Å². The van der Waals surface area contributed by atoms with Crippen molar-refractivity contribution in [3.05, 3.63) is 76.8 Å². The largest absolute Gasteiger partial charge is 0.490 e. The van der Waals surface area contributed by atoms with Crippen LogP contribution in [0.25, 0.3) is 11.1 Å². The van der Waals surface area contributed by atoms with Crippen molar-refractivity contribution in [1.29, 1.82) is 0 Å². The Morgan fingerprint density at radius 3 is 2.52 bits per heavy atom. The molecule has 5 rings (SSSR count). The van der Waals surface area contributed by atoms with E-state index in [2.05, 4.69) is 10.3 Å². The van der Waals surface area contributed by atoms with Gasteiger partial charge in [-0.2, -0.15) is 4.31 Å². The van der Waals surface area contributed by atoms with Gasteiger partial charge in [-0.1, -0.05) is 29.8 Å². The number of ether oxygens (including phenoxy) is 3. The van der Waals surface area contributed by atoms with Crippen molar-refractivity contribution in [3.63, 3.8) is 0 Å². The monoisotopic (exact) mass is 701 g/mol. The van der Waals surface area contributed by atoms with Gasteiger partial charge in [0.25, 0.3) is 0 Å². The molecule has 0 aliphatic heterocycles. The summed E-state index contributed by atoms with van der Waals surface area (Å²) in [6.07, 6.45) is 7.79. The van der Waals surface area contributed by atoms with Crippen LogP contribution in [0, 0.1) is 5.82 Å². The molecule has 2 fully saturated rings. The number of unbranched alkanes of at least 4 members (excludes halogenated alkanes) is 1. The second kappa shape index (κ2) is 14.7. The fourth-order valence-corrected chi connectivity index (χ4v) is 7.51. The van der Waals surface area contributed by atoms with Gasteiger partial charge in [0.15, 0.2) is 0 Å². The number of nitrogens with zero attached hydrogens (tertiary/aromatic N) is 2. The number of halogens is 2. The third-order valence-electron chi connectivity index (χ3n) is 8.25. The first-order valence-corrected chi connectivity index (χ1v) is 18.3. The van der Waals surface area contributed by atoms with Crippen molar-refractivity contribution >= 4 is 27.7 Å². The molecule has 2 aromatic carbocycles. The van der Waals surface area contributed by atoms with Gasteiger partial charge in [-0.05, 0) is 109 Å². The third-order valence-corrected chi connectivity index (χ3v) is 10.7. The average Bonchev–Trinajstić information content (AvgIpc) is 3.95. The van der Waals surface area contributed by atoms with Gasteiger partial charge < -0.3 is 19.5 Å². The van der Waals surface area contributed by atoms with Crippen molar-refractivity contribution in [3.8, 4) is 16.9 Å². The van der Waals surface area contributed by atoms with E-state index in [0.717, 1.165) is 54.2 Å². The van der Waals surface area contributed by atoms with Crippen LogP contribution in [0.3, 0.4) is 0 Å². The SMILES string of the molecule is CC(C)N(CCCCNC(=O)OC(C)(C)C)S(=O)(=O)c1cc(COC2(c3cnccc3-c3ccccc3OC3CC3)CC2)c(Cl)cc1F. The predicted octanol–water partition coefficient (Wildman–Crippen LogP) is 7.99. The van der Waals surface area contributed by atoms with Crippen LogP contribution in [0.2, 0.25) is 5.02 Å². The molecule has 3 aromatic rings. The molecule has 1 heterocycles. The standard InChI is InChI=1S/C36H45ClFN3O6S/c1-24(2)41(19-9-8-17-40-34(42)47-35(3,4)5)48(43,44)33-20-25(30(37)21-31(33)38)23-45-36(15-16-36)29-22-39-18-14-27(29)28-10-6-7-11-32(28)46-26-12-13-26/h6-7,10-11,14,18,20-22,24,26H,8-9,12-13,15-17,19,23H2,1-5H3,(H,40,42). The number of alkyl carbamates (subject to hydrolysis) is 1. The summed E-state index contributed by atoms with van der Waals surface area (Å²) in [6.45, 7) is 9.25. The second-order valence-electron chi connectivity index (χ2n) is 13.7. The molecule has 0 bridgehead atoms. The lowest BCUT2D eigenvalue weighted by Crippen LogP contribution is -2.38. The minimum absolute atomic E-state index is 0.0196. The van der Waals surface area contributed by atoms with E-state index in [1.165, 1.54) is 10.4 Å². The van der Waals surface area contributed by atoms with E-state index < -0.39 is 44.1 Å². The topological polar surface area (TPSA) is 107 Å². The fraction of sp³-hybridized carbons (Fsp3) is 0.500. The molecular weight excluding hydrogens is 657 g/mol. The lowest BCUT2D eigenvalue weighted by Gasteiger charge is -2.27. The Bertz CT molecular complexity index is 1720. The zero-order chi connectivity index (χ0) is 34.7. The number of pyridine rings is 1. The van der Waals surface area contributed by atoms with E-state index in [0.29, 0.717) is 24.9 Å². The van der Waals surface area contributed by atoms with E-state index >= 15 is 4.39 Å². The molecule has 48 heavy (non-hydrogen) atoms. The van der Waals surface area contributed by atoms with E-state index in [1.807, 2.05) is 36.5 Å². The minimum Gasteiger partial charge on any atom is -0.490 e. The highest BCUT2D eigenvalue weighted by molar-refractivity contribution is 7.89. The van der Waals surface area contributed by atoms with E-state index in [1.54, 1.807) is 40.8 Å². The van der Waals surface area contributed by atoms with Gasteiger partial charge >= 0.3 is 6.09 Å². The molecule has 0 radical (unpaired) electrons. The highest BCUT2D eigenvalue weighted by Gasteiger charge is 2.48. The molecule has 0 saturated heterocycles. The summed E-state index contributed by atoms with van der Waals surface area (Å²) >= 11 is 6.47. The quantitative estimate of drug-likeness (QED) is 0.160. The summed E-state index contributed by atoms with van der Waals surface area (Å²) in [6, 6.07) is 11.8. The van der Waals surface area contributed by atoms with Crippen LogP contribution in [-0.4, -0.2) is 54.6 Å². The van der Waals surface area contributed by atoms with Crippen molar-refractivity contribution in [2.75, 3.05) is 13.1 Å². The highest BCUT2D eigenvalue weighted by atomic mass is 35.5. The maximum absolute atomic E-state index is 15.3. The van der Waals surface area contributed by atoms with Gasteiger partial charge in [0.05, 0.1) is 18.3 Å². The highest BCUT2D eigenvalue weighted by Crippen LogP contribution is 2.53. The van der Waals surface area contributed by atoms with Gasteiger partial charge in [-0.25, -0.2) is 17.6 Å².